The van der Waals surface area contributed by atoms with Crippen LogP contribution < -0.4 is 21.1 Å². The van der Waals surface area contributed by atoms with E-state index in [2.05, 4.69) is 77.7 Å². The maximum Gasteiger partial charge on any atom is 0.282 e. The molecule has 0 radical (unpaired) electrons. The molecule has 0 spiro atoms. The summed E-state index contributed by atoms with van der Waals surface area (Å²) in [5.74, 6) is -1.39. The molecular weight excluding hydrogens is 641 g/mol. The number of carbonyl (C=O) groups is 2. The van der Waals surface area contributed by atoms with Gasteiger partial charge in [-0.3, -0.25) is 24.6 Å². The van der Waals surface area contributed by atoms with Crippen LogP contribution in [0, 0.1) is 5.82 Å². The lowest BCUT2D eigenvalue weighted by molar-refractivity contribution is -0.134. The summed E-state index contributed by atoms with van der Waals surface area (Å²) in [6, 6.07) is 14.1. The second-order valence-corrected chi connectivity index (χ2v) is 13.3. The highest BCUT2D eigenvalue weighted by atomic mass is 79.9. The Kier molecular flexibility index (Phi) is 9.34. The van der Waals surface area contributed by atoms with Crippen LogP contribution in [-0.2, 0) is 23.2 Å². The number of aromatic nitrogens is 2. The zero-order chi connectivity index (χ0) is 31.7. The molecule has 0 bridgehead atoms. The fourth-order valence-corrected chi connectivity index (χ4v) is 7.27. The van der Waals surface area contributed by atoms with Crippen LogP contribution in [0.1, 0.15) is 47.8 Å². The van der Waals surface area contributed by atoms with Gasteiger partial charge in [-0.05, 0) is 71.1 Å². The van der Waals surface area contributed by atoms with Gasteiger partial charge in [0, 0.05) is 76.6 Å². The van der Waals surface area contributed by atoms with Gasteiger partial charge in [-0.2, -0.15) is 5.10 Å². The van der Waals surface area contributed by atoms with Gasteiger partial charge >= 0.3 is 0 Å². The lowest BCUT2D eigenvalue weighted by atomic mass is 9.87. The summed E-state index contributed by atoms with van der Waals surface area (Å²) in [6.45, 7) is 6.09. The Morgan fingerprint density at radius 2 is 1.78 bits per heavy atom. The number of nitrogens with zero attached hydrogens (tertiary/aromatic N) is 5. The number of amides is 2. The molecule has 2 N–H and O–H groups in total. The second-order valence-electron chi connectivity index (χ2n) is 12.5. The summed E-state index contributed by atoms with van der Waals surface area (Å²) in [7, 11) is 3.77. The number of likely N-dealkylation sites (tertiary alicyclic amines) is 1. The van der Waals surface area contributed by atoms with E-state index >= 15 is 0 Å². The minimum absolute atomic E-state index is 0.160. The summed E-state index contributed by atoms with van der Waals surface area (Å²) in [5.41, 5.74) is 4.41. The molecule has 1 aromatic heterocycles. The van der Waals surface area contributed by atoms with Crippen molar-refractivity contribution in [3.63, 3.8) is 0 Å². The molecule has 4 heterocycles. The maximum absolute atomic E-state index is 14.7. The van der Waals surface area contributed by atoms with Gasteiger partial charge in [0.15, 0.2) is 0 Å². The smallest absolute Gasteiger partial charge is 0.282 e. The van der Waals surface area contributed by atoms with Gasteiger partial charge in [0.2, 0.25) is 11.8 Å². The number of benzene rings is 2. The third-order valence-electron chi connectivity index (χ3n) is 9.26. The molecule has 0 saturated carbocycles. The van der Waals surface area contributed by atoms with Gasteiger partial charge in [-0.25, -0.2) is 9.07 Å². The van der Waals surface area contributed by atoms with Crippen molar-refractivity contribution < 1.29 is 14.0 Å². The predicted octanol–water partition coefficient (Wildman–Crippen LogP) is 3.42. The topological polar surface area (TPSA) is 103 Å². The SMILES string of the molecule is CN1CC(Nc2cnn(C)c(=O)c2Br)CC(c2ccc(CN3CCN(c4ccc(F)c(C5CCC(=O)NC5=O)c4)CC3)cc2)C1. The van der Waals surface area contributed by atoms with Crippen LogP contribution in [0.4, 0.5) is 15.8 Å². The first-order valence-electron chi connectivity index (χ1n) is 15.5. The molecule has 2 amide bonds. The number of imide groups is 1. The van der Waals surface area contributed by atoms with E-state index in [0.717, 1.165) is 63.6 Å². The predicted molar refractivity (Wildman–Crippen MR) is 175 cm³/mol. The molecular formula is C33H39BrFN7O3. The van der Waals surface area contributed by atoms with Gasteiger partial charge in [0.1, 0.15) is 10.3 Å². The molecule has 3 saturated heterocycles. The number of piperidine rings is 2. The van der Waals surface area contributed by atoms with Crippen LogP contribution in [-0.4, -0.2) is 83.8 Å². The number of hydrogen-bond donors (Lipinski definition) is 2. The maximum atomic E-state index is 14.7. The minimum atomic E-state index is -0.637. The van der Waals surface area contributed by atoms with E-state index in [-0.39, 0.29) is 23.9 Å². The normalized spacial score (nSPS) is 23.2. The third-order valence-corrected chi connectivity index (χ3v) is 10.0. The van der Waals surface area contributed by atoms with E-state index in [4.69, 9.17) is 0 Å². The van der Waals surface area contributed by atoms with E-state index < -0.39 is 17.6 Å². The Morgan fingerprint density at radius 3 is 2.51 bits per heavy atom. The molecule has 2 aromatic carbocycles. The fraction of sp³-hybridized carbons (Fsp3) is 0.455. The Balaban J connectivity index is 1.03. The van der Waals surface area contributed by atoms with Gasteiger partial charge in [0.05, 0.1) is 17.8 Å². The van der Waals surface area contributed by atoms with Crippen molar-refractivity contribution in [1.29, 1.82) is 0 Å². The number of nitrogens with one attached hydrogen (secondary N) is 2. The fourth-order valence-electron chi connectivity index (χ4n) is 6.80. The summed E-state index contributed by atoms with van der Waals surface area (Å²) in [5, 5.41) is 10.0. The molecule has 6 rings (SSSR count). The molecule has 3 unspecified atom stereocenters. The van der Waals surface area contributed by atoms with Crippen LogP contribution in [0.15, 0.2) is 57.9 Å². The first kappa shape index (κ1) is 31.4. The lowest BCUT2D eigenvalue weighted by Crippen LogP contribution is -2.46. The molecule has 3 atom stereocenters. The Morgan fingerprint density at radius 1 is 1.02 bits per heavy atom. The van der Waals surface area contributed by atoms with Gasteiger partial charge in [0.25, 0.3) is 5.56 Å². The number of halogens is 2. The number of aryl methyl sites for hydroxylation is 1. The first-order chi connectivity index (χ1) is 21.6. The average Bonchev–Trinajstić information content (AvgIpc) is 3.02. The highest BCUT2D eigenvalue weighted by molar-refractivity contribution is 9.10. The summed E-state index contributed by atoms with van der Waals surface area (Å²) in [6.07, 6.45) is 3.21. The standard InChI is InChI=1S/C33H39BrFN7O3/c1-39-19-23(15-24(20-39)37-29-17-36-40(2)33(45)31(29)34)22-5-3-21(4-6-22)18-41-11-13-42(14-12-41)25-7-9-28(35)27(16-25)26-8-10-30(43)38-32(26)44/h3-7,9,16-17,23-24,26,37H,8,10-15,18-20H2,1-2H3,(H,38,43,44). The van der Waals surface area contributed by atoms with Crippen LogP contribution in [0.3, 0.4) is 0 Å². The number of anilines is 2. The highest BCUT2D eigenvalue weighted by Gasteiger charge is 2.31. The molecule has 3 aliphatic heterocycles. The Labute approximate surface area is 270 Å². The molecule has 238 valence electrons. The highest BCUT2D eigenvalue weighted by Crippen LogP contribution is 2.32. The quantitative estimate of drug-likeness (QED) is 0.367. The Hall–Kier alpha value is -3.61. The molecule has 3 fully saturated rings. The van der Waals surface area contributed by atoms with Crippen molar-refractivity contribution in [3.8, 4) is 0 Å². The summed E-state index contributed by atoms with van der Waals surface area (Å²) < 4.78 is 16.5. The number of carbonyl (C=O) groups excluding carboxylic acids is 2. The van der Waals surface area contributed by atoms with Crippen molar-refractivity contribution >= 4 is 39.1 Å². The summed E-state index contributed by atoms with van der Waals surface area (Å²) >= 11 is 3.43. The van der Waals surface area contributed by atoms with Crippen LogP contribution >= 0.6 is 15.9 Å². The van der Waals surface area contributed by atoms with E-state index in [1.165, 1.54) is 21.9 Å². The molecule has 45 heavy (non-hydrogen) atoms. The minimum Gasteiger partial charge on any atom is -0.379 e. The van der Waals surface area contributed by atoms with Gasteiger partial charge in [-0.1, -0.05) is 24.3 Å². The number of rotatable bonds is 7. The number of piperazine rings is 1. The summed E-state index contributed by atoms with van der Waals surface area (Å²) in [4.78, 5) is 43.2. The molecule has 0 aliphatic carbocycles. The van der Waals surface area contributed by atoms with Crippen molar-refractivity contribution in [2.75, 3.05) is 56.5 Å². The zero-order valence-electron chi connectivity index (χ0n) is 25.6. The average molecular weight is 681 g/mol. The van der Waals surface area contributed by atoms with Crippen LogP contribution in [0.2, 0.25) is 0 Å². The van der Waals surface area contributed by atoms with E-state index in [0.29, 0.717) is 22.4 Å². The van der Waals surface area contributed by atoms with E-state index in [9.17, 15) is 18.8 Å². The van der Waals surface area contributed by atoms with E-state index in [1.807, 2.05) is 0 Å². The molecule has 12 heteroatoms. The van der Waals surface area contributed by atoms with Gasteiger partial charge < -0.3 is 15.1 Å². The van der Waals surface area contributed by atoms with Crippen molar-refractivity contribution in [3.05, 3.63) is 86.0 Å². The lowest BCUT2D eigenvalue weighted by Gasteiger charge is -2.37. The molecule has 3 aromatic rings. The second kappa shape index (κ2) is 13.4. The molecule has 3 aliphatic rings. The largest absolute Gasteiger partial charge is 0.379 e. The van der Waals surface area contributed by atoms with Crippen molar-refractivity contribution in [2.24, 2.45) is 7.05 Å². The molecule has 10 nitrogen and oxygen atoms in total. The number of hydrogen-bond acceptors (Lipinski definition) is 8. The number of likely N-dealkylation sites (N-methyl/N-ethyl adjacent to an activating group) is 1. The van der Waals surface area contributed by atoms with Crippen LogP contribution in [0.5, 0.6) is 0 Å². The monoisotopic (exact) mass is 679 g/mol. The van der Waals surface area contributed by atoms with Crippen molar-refractivity contribution in [2.45, 2.75) is 43.7 Å². The van der Waals surface area contributed by atoms with E-state index in [1.54, 1.807) is 25.4 Å². The first-order valence-corrected chi connectivity index (χ1v) is 16.3. The van der Waals surface area contributed by atoms with Crippen LogP contribution in [0.25, 0.3) is 0 Å². The van der Waals surface area contributed by atoms with Gasteiger partial charge in [-0.15, -0.1) is 0 Å². The Bertz CT molecular complexity index is 1620. The zero-order valence-corrected chi connectivity index (χ0v) is 27.2. The third kappa shape index (κ3) is 7.13. The van der Waals surface area contributed by atoms with Crippen molar-refractivity contribution in [1.82, 2.24) is 24.9 Å².